The Hall–Kier alpha value is -2.74. The molecule has 1 heterocycles. The van der Waals surface area contributed by atoms with Crippen molar-refractivity contribution in [2.75, 3.05) is 0 Å². The van der Waals surface area contributed by atoms with Crippen LogP contribution in [-0.2, 0) is 27.4 Å². The molecule has 2 amide bonds. The van der Waals surface area contributed by atoms with Gasteiger partial charge in [-0.15, -0.1) is 0 Å². The Morgan fingerprint density at radius 3 is 2.27 bits per heavy atom. The van der Waals surface area contributed by atoms with Gasteiger partial charge in [0, 0.05) is 31.3 Å². The van der Waals surface area contributed by atoms with Gasteiger partial charge in [0.25, 0.3) is 0 Å². The first-order valence-electron chi connectivity index (χ1n) is 19.5. The first-order chi connectivity index (χ1) is 24.2. The molecule has 3 N–H and O–H groups in total. The number of nitrogens with one attached hydrogen (secondary N) is 1. The van der Waals surface area contributed by atoms with E-state index in [4.69, 9.17) is 4.74 Å². The van der Waals surface area contributed by atoms with E-state index in [0.29, 0.717) is 31.1 Å². The fourth-order valence-corrected chi connectivity index (χ4v) is 13.1. The largest absolute Gasteiger partial charge is 0.393 e. The predicted molar refractivity (Wildman–Crippen MR) is 196 cm³/mol. The predicted octanol–water partition coefficient (Wildman–Crippen LogP) is 7.18. The molecular weight excluding hydrogens is 636 g/mol. The van der Waals surface area contributed by atoms with Crippen LogP contribution >= 0.6 is 0 Å². The van der Waals surface area contributed by atoms with Crippen LogP contribution in [0.4, 0.5) is 0 Å². The van der Waals surface area contributed by atoms with Crippen LogP contribution in [0.3, 0.4) is 0 Å². The van der Waals surface area contributed by atoms with Crippen LogP contribution < -0.4 is 5.32 Å². The molecule has 2 aromatic carbocycles. The van der Waals surface area contributed by atoms with E-state index in [-0.39, 0.29) is 58.0 Å². The molecule has 10 atom stereocenters. The van der Waals surface area contributed by atoms with Gasteiger partial charge in [0.15, 0.2) is 0 Å². The van der Waals surface area contributed by atoms with Crippen molar-refractivity contribution in [2.45, 2.75) is 124 Å². The third kappa shape index (κ3) is 4.92. The summed E-state index contributed by atoms with van der Waals surface area (Å²) in [4.78, 5) is 29.5. The van der Waals surface area contributed by atoms with Gasteiger partial charge in [-0.05, 0) is 102 Å². The first-order valence-corrected chi connectivity index (χ1v) is 19.5. The fourth-order valence-electron chi connectivity index (χ4n) is 13.1. The maximum Gasteiger partial charge on any atom is 0.246 e. The molecule has 7 nitrogen and oxygen atoms in total. The Bertz CT molecular complexity index is 1650. The van der Waals surface area contributed by atoms with Gasteiger partial charge < -0.3 is 25.2 Å². The van der Waals surface area contributed by atoms with Gasteiger partial charge >= 0.3 is 0 Å². The lowest BCUT2D eigenvalue weighted by Gasteiger charge is -2.63. The maximum absolute atomic E-state index is 14.4. The van der Waals surface area contributed by atoms with E-state index in [1.165, 1.54) is 13.3 Å². The van der Waals surface area contributed by atoms with Crippen molar-refractivity contribution in [3.8, 4) is 0 Å². The summed E-state index contributed by atoms with van der Waals surface area (Å²) in [6, 6.07) is 18.6. The number of carbonyl (C=O) groups is 2. The minimum atomic E-state index is -0.949. The lowest BCUT2D eigenvalue weighted by Crippen LogP contribution is -2.58. The summed E-state index contributed by atoms with van der Waals surface area (Å²) in [5, 5.41) is 26.9. The normalized spacial score (nSPS) is 40.5. The summed E-state index contributed by atoms with van der Waals surface area (Å²) in [6.07, 6.45) is 8.02. The van der Waals surface area contributed by atoms with Gasteiger partial charge in [0.1, 0.15) is 18.2 Å². The SMILES string of the molecule is CC(=O)N(Cc1ccccc1)C([C]1C[C@@H](C)[C@H]2[C](O1)[C@H](O)[C@@]1(C)[C]3CC[C@H]4C(C)(C)C(O)CC[C@@]45C[C@@]35CC[C@]21C)C(=O)NCc1ccccc1. The van der Waals surface area contributed by atoms with E-state index in [0.717, 1.165) is 49.7 Å². The summed E-state index contributed by atoms with van der Waals surface area (Å²) in [5.41, 5.74) is 1.49. The molecule has 8 rings (SSSR count). The smallest absolute Gasteiger partial charge is 0.246 e. The van der Waals surface area contributed by atoms with Crippen molar-refractivity contribution < 1.29 is 24.5 Å². The number of rotatable bonds is 7. The topological polar surface area (TPSA) is 99.1 Å². The Kier molecular flexibility index (Phi) is 8.40. The summed E-state index contributed by atoms with van der Waals surface area (Å²) in [7, 11) is 0. The van der Waals surface area contributed by atoms with E-state index in [1.54, 1.807) is 10.8 Å². The van der Waals surface area contributed by atoms with Crippen molar-refractivity contribution in [2.24, 2.45) is 44.8 Å². The Balaban J connectivity index is 1.11. The highest BCUT2D eigenvalue weighted by molar-refractivity contribution is 5.88. The molecule has 3 radical (unpaired) electrons. The van der Waals surface area contributed by atoms with E-state index in [2.05, 4.69) is 39.9 Å². The molecule has 6 aliphatic rings. The number of amides is 2. The van der Waals surface area contributed by atoms with Crippen molar-refractivity contribution in [3.05, 3.63) is 89.9 Å². The maximum atomic E-state index is 14.4. The molecule has 1 aliphatic heterocycles. The molecule has 0 aromatic heterocycles. The van der Waals surface area contributed by atoms with Gasteiger partial charge in [-0.3, -0.25) is 9.59 Å². The highest BCUT2D eigenvalue weighted by Gasteiger charge is 2.85. The number of hydrogen-bond donors (Lipinski definition) is 3. The average Bonchev–Trinajstić information content (AvgIpc) is 3.74. The number of ether oxygens (including phenoxy) is 1. The van der Waals surface area contributed by atoms with Gasteiger partial charge in [0.05, 0.1) is 12.2 Å². The molecule has 2 unspecified atom stereocenters. The van der Waals surface area contributed by atoms with Crippen LogP contribution in [-0.4, -0.2) is 45.2 Å². The number of carbonyl (C=O) groups excluding carboxylic acids is 2. The molecule has 2 aromatic rings. The standard InChI is InChI=1S/C44H57N2O5/c1-27-23-31(36(39(50)45-24-29-13-9-7-10-14-29)46(28(2)47)25-30-15-11-8-12-16-30)51-37-35(27)41(5)21-22-44-26-43(44)20-19-34(48)40(3,4)32(43)17-18-33(44)42(41,6)38(37)49/h7-16,27,32,34-36,38,48-49H,17-26H2,1-6H3,(H,45,50)/t27-,32+,34?,35+,36?,38+,41-,42-,43-,44+/m1/s1. The van der Waals surface area contributed by atoms with Crippen LogP contribution in [0, 0.1) is 63.0 Å². The summed E-state index contributed by atoms with van der Waals surface area (Å²) >= 11 is 0. The second kappa shape index (κ2) is 12.1. The molecule has 273 valence electrons. The van der Waals surface area contributed by atoms with Crippen LogP contribution in [0.5, 0.6) is 0 Å². The highest BCUT2D eigenvalue weighted by atomic mass is 16.5. The van der Waals surface area contributed by atoms with Gasteiger partial charge in [-0.1, -0.05) is 95.3 Å². The quantitative estimate of drug-likeness (QED) is 0.286. The molecule has 7 heteroatoms. The summed E-state index contributed by atoms with van der Waals surface area (Å²) < 4.78 is 6.98. The second-order valence-corrected chi connectivity index (χ2v) is 18.3. The zero-order chi connectivity index (χ0) is 36.1. The molecule has 5 aliphatic carbocycles. The second-order valence-electron chi connectivity index (χ2n) is 18.3. The Morgan fingerprint density at radius 1 is 0.941 bits per heavy atom. The van der Waals surface area contributed by atoms with E-state index in [9.17, 15) is 19.8 Å². The zero-order valence-electron chi connectivity index (χ0n) is 31.4. The molecule has 5 saturated carbocycles. The lowest BCUT2D eigenvalue weighted by atomic mass is 9.41. The highest BCUT2D eigenvalue weighted by Crippen LogP contribution is 2.90. The molecule has 2 spiro atoms. The Morgan fingerprint density at radius 2 is 1.61 bits per heavy atom. The lowest BCUT2D eigenvalue weighted by molar-refractivity contribution is -0.144. The number of fused-ring (bicyclic) bond motifs is 4. The van der Waals surface area contributed by atoms with Crippen molar-refractivity contribution in [1.29, 1.82) is 0 Å². The number of aliphatic hydroxyl groups is 2. The van der Waals surface area contributed by atoms with Crippen molar-refractivity contribution in [1.82, 2.24) is 10.2 Å². The van der Waals surface area contributed by atoms with Crippen LogP contribution in [0.1, 0.15) is 104 Å². The minimum absolute atomic E-state index is 0.0380. The monoisotopic (exact) mass is 693 g/mol. The molecule has 6 fully saturated rings. The summed E-state index contributed by atoms with van der Waals surface area (Å²) in [6.45, 7) is 13.7. The van der Waals surface area contributed by atoms with E-state index in [1.807, 2.05) is 60.7 Å². The zero-order valence-corrected chi connectivity index (χ0v) is 31.4. The van der Waals surface area contributed by atoms with Crippen molar-refractivity contribution >= 4 is 11.8 Å². The van der Waals surface area contributed by atoms with Crippen molar-refractivity contribution in [3.63, 3.8) is 0 Å². The van der Waals surface area contributed by atoms with Gasteiger partial charge in [-0.2, -0.15) is 0 Å². The first kappa shape index (κ1) is 35.3. The summed E-state index contributed by atoms with van der Waals surface area (Å²) in [5.74, 6) is 1.71. The van der Waals surface area contributed by atoms with Gasteiger partial charge in [-0.25, -0.2) is 0 Å². The van der Waals surface area contributed by atoms with Gasteiger partial charge in [0.2, 0.25) is 11.8 Å². The van der Waals surface area contributed by atoms with Crippen LogP contribution in [0.15, 0.2) is 60.7 Å². The third-order valence-electron chi connectivity index (χ3n) is 15.8. The average molecular weight is 694 g/mol. The molecular formula is C44H57N2O5. The Labute approximate surface area is 304 Å². The number of aliphatic hydroxyl groups excluding tert-OH is 2. The van der Waals surface area contributed by atoms with E-state index < -0.39 is 17.6 Å². The third-order valence-corrected chi connectivity index (χ3v) is 15.8. The van der Waals surface area contributed by atoms with Crippen LogP contribution in [0.2, 0.25) is 0 Å². The van der Waals surface area contributed by atoms with Crippen LogP contribution in [0.25, 0.3) is 0 Å². The molecule has 0 bridgehead atoms. The molecule has 51 heavy (non-hydrogen) atoms. The molecule has 1 saturated heterocycles. The van der Waals surface area contributed by atoms with E-state index >= 15 is 0 Å². The fraction of sp³-hybridized carbons (Fsp3) is 0.614. The number of hydrogen-bond acceptors (Lipinski definition) is 5. The number of benzene rings is 2. The number of nitrogens with zero attached hydrogens (tertiary/aromatic N) is 1. The minimum Gasteiger partial charge on any atom is -0.393 e.